The molecule has 94 valence electrons. The van der Waals surface area contributed by atoms with Crippen molar-refractivity contribution in [1.82, 2.24) is 9.97 Å². The molecule has 0 saturated heterocycles. The van der Waals surface area contributed by atoms with Gasteiger partial charge in [-0.15, -0.1) is 0 Å². The number of benzene rings is 1. The molecule has 0 bridgehead atoms. The number of hydrogen-bond donors (Lipinski definition) is 0. The lowest BCUT2D eigenvalue weighted by molar-refractivity contribution is 0.340. The molecule has 1 aromatic carbocycles. The molecule has 0 atom stereocenters. The minimum atomic E-state index is 0.423. The minimum Gasteiger partial charge on any atom is -0.494 e. The number of ether oxygens (including phenoxy) is 1. The largest absolute Gasteiger partial charge is 0.494 e. The van der Waals surface area contributed by atoms with Crippen molar-refractivity contribution in [2.75, 3.05) is 6.61 Å². The van der Waals surface area contributed by atoms with Crippen LogP contribution < -0.4 is 4.74 Å². The first-order valence-electron chi connectivity index (χ1n) is 5.85. The Morgan fingerprint density at radius 1 is 1.17 bits per heavy atom. The topological polar surface area (TPSA) is 35.0 Å². The van der Waals surface area contributed by atoms with E-state index in [1.54, 1.807) is 0 Å². The predicted octanol–water partition coefficient (Wildman–Crippen LogP) is 3.81. The molecule has 18 heavy (non-hydrogen) atoms. The summed E-state index contributed by atoms with van der Waals surface area (Å²) in [6, 6.07) is 7.71. The molecule has 1 aromatic heterocycles. The fraction of sp³-hybridized carbons (Fsp3) is 0.286. The molecule has 0 aliphatic rings. The van der Waals surface area contributed by atoms with Gasteiger partial charge in [0, 0.05) is 5.56 Å². The second kappa shape index (κ2) is 5.36. The van der Waals surface area contributed by atoms with Crippen LogP contribution >= 0.6 is 11.6 Å². The van der Waals surface area contributed by atoms with Gasteiger partial charge in [-0.2, -0.15) is 0 Å². The number of nitrogens with zero attached hydrogens (tertiary/aromatic N) is 2. The Morgan fingerprint density at radius 3 is 2.61 bits per heavy atom. The normalized spacial score (nSPS) is 10.4. The Morgan fingerprint density at radius 2 is 1.89 bits per heavy atom. The molecule has 0 fully saturated rings. The van der Waals surface area contributed by atoms with Crippen LogP contribution in [0.1, 0.15) is 18.3 Å². The fourth-order valence-corrected chi connectivity index (χ4v) is 1.94. The van der Waals surface area contributed by atoms with Crippen LogP contribution in [0.5, 0.6) is 5.75 Å². The first-order valence-corrected chi connectivity index (χ1v) is 6.23. The number of hydrogen-bond acceptors (Lipinski definition) is 3. The zero-order chi connectivity index (χ0) is 13.1. The van der Waals surface area contributed by atoms with E-state index in [-0.39, 0.29) is 0 Å². The summed E-state index contributed by atoms with van der Waals surface area (Å²) in [6.07, 6.45) is 0. The fourth-order valence-electron chi connectivity index (χ4n) is 1.66. The lowest BCUT2D eigenvalue weighted by atomic mass is 10.1. The summed E-state index contributed by atoms with van der Waals surface area (Å²) in [5, 5.41) is 0.423. The monoisotopic (exact) mass is 262 g/mol. The molecule has 0 aliphatic carbocycles. The first-order chi connectivity index (χ1) is 8.61. The highest BCUT2D eigenvalue weighted by Gasteiger charge is 2.10. The average molecular weight is 263 g/mol. The number of halogens is 1. The Labute approximate surface area is 112 Å². The third kappa shape index (κ3) is 2.62. The van der Waals surface area contributed by atoms with Crippen molar-refractivity contribution in [3.05, 3.63) is 40.8 Å². The Hall–Kier alpha value is -1.61. The SMILES string of the molecule is CCOc1cccc(-c2nc(C)c(C)nc2Cl)c1. The number of aromatic nitrogens is 2. The molecule has 0 aliphatic heterocycles. The van der Waals surface area contributed by atoms with E-state index in [2.05, 4.69) is 9.97 Å². The average Bonchev–Trinajstić information content (AvgIpc) is 2.34. The maximum atomic E-state index is 6.15. The highest BCUT2D eigenvalue weighted by Crippen LogP contribution is 2.28. The van der Waals surface area contributed by atoms with Crippen molar-refractivity contribution >= 4 is 11.6 Å². The molecule has 4 heteroatoms. The minimum absolute atomic E-state index is 0.423. The molecule has 2 rings (SSSR count). The Kier molecular flexibility index (Phi) is 3.82. The van der Waals surface area contributed by atoms with E-state index in [1.807, 2.05) is 45.0 Å². The third-order valence-corrected chi connectivity index (χ3v) is 2.95. The van der Waals surface area contributed by atoms with Crippen LogP contribution in [0.15, 0.2) is 24.3 Å². The lowest BCUT2D eigenvalue weighted by Gasteiger charge is -2.08. The molecule has 0 amide bonds. The van der Waals surface area contributed by atoms with Crippen LogP contribution in [0.4, 0.5) is 0 Å². The summed E-state index contributed by atoms with van der Waals surface area (Å²) in [6.45, 7) is 6.41. The summed E-state index contributed by atoms with van der Waals surface area (Å²) in [4.78, 5) is 8.78. The van der Waals surface area contributed by atoms with Gasteiger partial charge in [0.2, 0.25) is 0 Å². The van der Waals surface area contributed by atoms with Crippen LogP contribution in [0.25, 0.3) is 11.3 Å². The van der Waals surface area contributed by atoms with Crippen LogP contribution in [0.2, 0.25) is 5.15 Å². The highest BCUT2D eigenvalue weighted by molar-refractivity contribution is 6.31. The van der Waals surface area contributed by atoms with E-state index in [0.29, 0.717) is 17.5 Å². The quantitative estimate of drug-likeness (QED) is 0.844. The van der Waals surface area contributed by atoms with Crippen molar-refractivity contribution < 1.29 is 4.74 Å². The summed E-state index contributed by atoms with van der Waals surface area (Å²) in [5.74, 6) is 0.811. The van der Waals surface area contributed by atoms with Gasteiger partial charge in [-0.1, -0.05) is 23.7 Å². The lowest BCUT2D eigenvalue weighted by Crippen LogP contribution is -1.97. The van der Waals surface area contributed by atoms with E-state index in [0.717, 1.165) is 22.7 Å². The Bertz CT molecular complexity index is 570. The summed E-state index contributed by atoms with van der Waals surface area (Å²) in [7, 11) is 0. The van der Waals surface area contributed by atoms with Crippen molar-refractivity contribution in [2.45, 2.75) is 20.8 Å². The maximum absolute atomic E-state index is 6.15. The van der Waals surface area contributed by atoms with Crippen LogP contribution in [-0.4, -0.2) is 16.6 Å². The van der Waals surface area contributed by atoms with Crippen LogP contribution in [0, 0.1) is 13.8 Å². The van der Waals surface area contributed by atoms with Gasteiger partial charge in [-0.05, 0) is 32.9 Å². The van der Waals surface area contributed by atoms with Gasteiger partial charge in [0.25, 0.3) is 0 Å². The molecule has 0 saturated carbocycles. The van der Waals surface area contributed by atoms with Crippen LogP contribution in [0.3, 0.4) is 0 Å². The zero-order valence-electron chi connectivity index (χ0n) is 10.7. The molecular weight excluding hydrogens is 248 g/mol. The summed E-state index contributed by atoms with van der Waals surface area (Å²) >= 11 is 6.15. The number of rotatable bonds is 3. The molecule has 2 aromatic rings. The molecule has 3 nitrogen and oxygen atoms in total. The van der Waals surface area contributed by atoms with E-state index >= 15 is 0 Å². The summed E-state index contributed by atoms with van der Waals surface area (Å²) in [5.41, 5.74) is 3.35. The van der Waals surface area contributed by atoms with Gasteiger partial charge >= 0.3 is 0 Å². The Balaban J connectivity index is 2.48. The first kappa shape index (κ1) is 12.8. The number of aryl methyl sites for hydroxylation is 2. The third-order valence-electron chi connectivity index (χ3n) is 2.68. The van der Waals surface area contributed by atoms with Gasteiger partial charge in [-0.3, -0.25) is 0 Å². The predicted molar refractivity (Wildman–Crippen MR) is 73.1 cm³/mol. The molecule has 1 heterocycles. The standard InChI is InChI=1S/C14H15ClN2O/c1-4-18-12-7-5-6-11(8-12)13-14(15)17-10(3)9(2)16-13/h5-8H,4H2,1-3H3. The van der Waals surface area contributed by atoms with E-state index in [9.17, 15) is 0 Å². The van der Waals surface area contributed by atoms with Gasteiger partial charge in [0.15, 0.2) is 5.15 Å². The second-order valence-electron chi connectivity index (χ2n) is 3.99. The van der Waals surface area contributed by atoms with Gasteiger partial charge < -0.3 is 4.74 Å². The smallest absolute Gasteiger partial charge is 0.155 e. The van der Waals surface area contributed by atoms with Crippen molar-refractivity contribution in [2.24, 2.45) is 0 Å². The van der Waals surface area contributed by atoms with E-state index < -0.39 is 0 Å². The van der Waals surface area contributed by atoms with Crippen molar-refractivity contribution in [1.29, 1.82) is 0 Å². The molecule has 0 spiro atoms. The van der Waals surface area contributed by atoms with Gasteiger partial charge in [0.1, 0.15) is 11.4 Å². The second-order valence-corrected chi connectivity index (χ2v) is 4.35. The molecule has 0 radical (unpaired) electrons. The van der Waals surface area contributed by atoms with Gasteiger partial charge in [0.05, 0.1) is 18.0 Å². The van der Waals surface area contributed by atoms with E-state index in [1.165, 1.54) is 0 Å². The summed E-state index contributed by atoms with van der Waals surface area (Å²) < 4.78 is 5.47. The molecule has 0 N–H and O–H groups in total. The maximum Gasteiger partial charge on any atom is 0.155 e. The van der Waals surface area contributed by atoms with Crippen molar-refractivity contribution in [3.8, 4) is 17.0 Å². The zero-order valence-corrected chi connectivity index (χ0v) is 11.5. The van der Waals surface area contributed by atoms with Crippen LogP contribution in [-0.2, 0) is 0 Å². The highest BCUT2D eigenvalue weighted by atomic mass is 35.5. The molecular formula is C14H15ClN2O. The van der Waals surface area contributed by atoms with E-state index in [4.69, 9.17) is 16.3 Å². The van der Waals surface area contributed by atoms with Crippen molar-refractivity contribution in [3.63, 3.8) is 0 Å². The molecule has 0 unspecified atom stereocenters. The van der Waals surface area contributed by atoms with Gasteiger partial charge in [-0.25, -0.2) is 9.97 Å².